The van der Waals surface area contributed by atoms with Gasteiger partial charge in [-0.2, -0.15) is 0 Å². The molecule has 1 fully saturated rings. The van der Waals surface area contributed by atoms with Gasteiger partial charge in [-0.25, -0.2) is 4.79 Å². The van der Waals surface area contributed by atoms with Crippen LogP contribution in [0, 0.1) is 11.8 Å². The number of ether oxygens (including phenoxy) is 1. The first-order valence-corrected chi connectivity index (χ1v) is 6.42. The fraction of sp³-hybridized carbons (Fsp3) is 0.833. The predicted octanol–water partition coefficient (Wildman–Crippen LogP) is 0.823. The van der Waals surface area contributed by atoms with E-state index in [1.165, 1.54) is 12.8 Å². The van der Waals surface area contributed by atoms with Crippen LogP contribution in [0.5, 0.6) is 0 Å². The molecule has 0 aliphatic heterocycles. The zero-order valence-corrected chi connectivity index (χ0v) is 10.8. The summed E-state index contributed by atoms with van der Waals surface area (Å²) in [5.41, 5.74) is 0. The Kier molecular flexibility index (Phi) is 6.49. The summed E-state index contributed by atoms with van der Waals surface area (Å²) in [4.78, 5) is 21.8. The summed E-state index contributed by atoms with van der Waals surface area (Å²) in [7, 11) is 0. The van der Waals surface area contributed by atoms with Gasteiger partial charge in [0.1, 0.15) is 0 Å². The Hall–Kier alpha value is -1.30. The van der Waals surface area contributed by atoms with Crippen LogP contribution < -0.4 is 10.6 Å². The molecule has 6 nitrogen and oxygen atoms in total. The largest absolute Gasteiger partial charge is 0.481 e. The highest BCUT2D eigenvalue weighted by atomic mass is 16.5. The molecule has 1 rings (SSSR count). The minimum atomic E-state index is -0.842. The molecule has 0 aromatic heterocycles. The number of rotatable bonds is 9. The molecule has 6 heteroatoms. The van der Waals surface area contributed by atoms with Gasteiger partial charge in [0.05, 0.1) is 12.5 Å². The fourth-order valence-electron chi connectivity index (χ4n) is 1.36. The third kappa shape index (κ3) is 7.11. The van der Waals surface area contributed by atoms with Crippen molar-refractivity contribution in [1.29, 1.82) is 0 Å². The third-order valence-electron chi connectivity index (χ3n) is 2.87. The maximum Gasteiger partial charge on any atom is 0.314 e. The molecule has 18 heavy (non-hydrogen) atoms. The minimum absolute atomic E-state index is 0.275. The summed E-state index contributed by atoms with van der Waals surface area (Å²) < 4.78 is 5.36. The lowest BCUT2D eigenvalue weighted by Crippen LogP contribution is -2.38. The first kappa shape index (κ1) is 14.8. The molecule has 0 bridgehead atoms. The smallest absolute Gasteiger partial charge is 0.314 e. The molecule has 2 amide bonds. The number of urea groups is 1. The number of carboxylic acid groups (broad SMARTS) is 1. The van der Waals surface area contributed by atoms with E-state index >= 15 is 0 Å². The predicted molar refractivity (Wildman–Crippen MR) is 66.4 cm³/mol. The SMILES string of the molecule is CC(CCNC(=O)NCCOCC1CC1)C(=O)O. The second kappa shape index (κ2) is 7.92. The van der Waals surface area contributed by atoms with Crippen molar-refractivity contribution in [3.63, 3.8) is 0 Å². The minimum Gasteiger partial charge on any atom is -0.481 e. The lowest BCUT2D eigenvalue weighted by Gasteiger charge is -2.09. The highest BCUT2D eigenvalue weighted by Gasteiger charge is 2.20. The maximum absolute atomic E-state index is 11.3. The molecule has 1 aliphatic rings. The summed E-state index contributed by atoms with van der Waals surface area (Å²) in [6, 6.07) is -0.275. The lowest BCUT2D eigenvalue weighted by atomic mass is 10.1. The van der Waals surface area contributed by atoms with Gasteiger partial charge in [0, 0.05) is 19.7 Å². The van der Waals surface area contributed by atoms with E-state index in [0.29, 0.717) is 26.1 Å². The van der Waals surface area contributed by atoms with E-state index in [2.05, 4.69) is 10.6 Å². The van der Waals surface area contributed by atoms with Crippen LogP contribution in [0.1, 0.15) is 26.2 Å². The number of hydrogen-bond donors (Lipinski definition) is 3. The highest BCUT2D eigenvalue weighted by molar-refractivity contribution is 5.74. The van der Waals surface area contributed by atoms with Crippen molar-refractivity contribution < 1.29 is 19.4 Å². The van der Waals surface area contributed by atoms with Gasteiger partial charge < -0.3 is 20.5 Å². The summed E-state index contributed by atoms with van der Waals surface area (Å²) in [5, 5.41) is 13.9. The average Bonchev–Trinajstić information content (AvgIpc) is 3.12. The van der Waals surface area contributed by atoms with Crippen LogP contribution in [0.25, 0.3) is 0 Å². The molecule has 3 N–H and O–H groups in total. The first-order valence-electron chi connectivity index (χ1n) is 6.42. The normalized spacial score (nSPS) is 16.1. The quantitative estimate of drug-likeness (QED) is 0.534. The monoisotopic (exact) mass is 258 g/mol. The zero-order valence-electron chi connectivity index (χ0n) is 10.8. The highest BCUT2D eigenvalue weighted by Crippen LogP contribution is 2.28. The van der Waals surface area contributed by atoms with E-state index in [4.69, 9.17) is 9.84 Å². The molecule has 0 aromatic carbocycles. The molecule has 0 saturated heterocycles. The van der Waals surface area contributed by atoms with Crippen LogP contribution in [0.3, 0.4) is 0 Å². The van der Waals surface area contributed by atoms with Crippen molar-refractivity contribution in [2.75, 3.05) is 26.3 Å². The fourth-order valence-corrected chi connectivity index (χ4v) is 1.36. The Labute approximate surface area is 107 Å². The number of carbonyl (C=O) groups is 2. The molecule has 0 heterocycles. The Bertz CT molecular complexity index is 279. The molecule has 1 unspecified atom stereocenters. The standard InChI is InChI=1S/C12H22N2O4/c1-9(11(15)16)4-5-13-12(17)14-6-7-18-8-10-2-3-10/h9-10H,2-8H2,1H3,(H,15,16)(H2,13,14,17). The van der Waals surface area contributed by atoms with Gasteiger partial charge in [-0.3, -0.25) is 4.79 Å². The topological polar surface area (TPSA) is 87.7 Å². The van der Waals surface area contributed by atoms with Crippen LogP contribution in [0.2, 0.25) is 0 Å². The van der Waals surface area contributed by atoms with Gasteiger partial charge in [-0.05, 0) is 25.2 Å². The van der Waals surface area contributed by atoms with Crippen molar-refractivity contribution in [2.24, 2.45) is 11.8 Å². The summed E-state index contributed by atoms with van der Waals surface area (Å²) in [5.74, 6) is -0.547. The molecule has 0 radical (unpaired) electrons. The molecule has 0 spiro atoms. The molecular weight excluding hydrogens is 236 g/mol. The molecule has 1 aliphatic carbocycles. The van der Waals surface area contributed by atoms with Gasteiger partial charge in [-0.15, -0.1) is 0 Å². The zero-order chi connectivity index (χ0) is 13.4. The number of aliphatic carboxylic acids is 1. The van der Waals surface area contributed by atoms with E-state index in [1.54, 1.807) is 6.92 Å². The van der Waals surface area contributed by atoms with E-state index in [0.717, 1.165) is 12.5 Å². The second-order valence-electron chi connectivity index (χ2n) is 4.73. The Balaban J connectivity index is 1.88. The third-order valence-corrected chi connectivity index (χ3v) is 2.87. The van der Waals surface area contributed by atoms with Gasteiger partial charge in [0.2, 0.25) is 0 Å². The van der Waals surface area contributed by atoms with Crippen LogP contribution >= 0.6 is 0 Å². The first-order chi connectivity index (χ1) is 8.59. The van der Waals surface area contributed by atoms with Crippen molar-refractivity contribution in [3.05, 3.63) is 0 Å². The van der Waals surface area contributed by atoms with Gasteiger partial charge >= 0.3 is 12.0 Å². The van der Waals surface area contributed by atoms with Crippen molar-refractivity contribution in [3.8, 4) is 0 Å². The molecule has 1 saturated carbocycles. The average molecular weight is 258 g/mol. The van der Waals surface area contributed by atoms with Crippen molar-refractivity contribution in [1.82, 2.24) is 10.6 Å². The van der Waals surface area contributed by atoms with Crippen LogP contribution in [0.15, 0.2) is 0 Å². The summed E-state index contributed by atoms with van der Waals surface area (Å²) in [6.45, 7) is 3.78. The van der Waals surface area contributed by atoms with E-state index in [9.17, 15) is 9.59 Å². The van der Waals surface area contributed by atoms with Gasteiger partial charge in [0.15, 0.2) is 0 Å². The van der Waals surface area contributed by atoms with E-state index in [-0.39, 0.29) is 6.03 Å². The molecule has 1 atom stereocenters. The van der Waals surface area contributed by atoms with Crippen LogP contribution in [0.4, 0.5) is 4.79 Å². The summed E-state index contributed by atoms with van der Waals surface area (Å²) in [6.07, 6.45) is 2.95. The lowest BCUT2D eigenvalue weighted by molar-refractivity contribution is -0.141. The molecule has 0 aromatic rings. The van der Waals surface area contributed by atoms with Crippen molar-refractivity contribution >= 4 is 12.0 Å². The number of carboxylic acids is 1. The molecular formula is C12H22N2O4. The maximum atomic E-state index is 11.3. The van der Waals surface area contributed by atoms with Gasteiger partial charge in [-0.1, -0.05) is 6.92 Å². The van der Waals surface area contributed by atoms with Crippen LogP contribution in [-0.2, 0) is 9.53 Å². The summed E-state index contributed by atoms with van der Waals surface area (Å²) >= 11 is 0. The van der Waals surface area contributed by atoms with Crippen molar-refractivity contribution in [2.45, 2.75) is 26.2 Å². The Morgan fingerprint density at radius 3 is 2.61 bits per heavy atom. The number of amides is 2. The number of carbonyl (C=O) groups excluding carboxylic acids is 1. The van der Waals surface area contributed by atoms with Crippen LogP contribution in [-0.4, -0.2) is 43.4 Å². The number of hydrogen-bond acceptors (Lipinski definition) is 3. The van der Waals surface area contributed by atoms with E-state index in [1.807, 2.05) is 0 Å². The Morgan fingerprint density at radius 1 is 1.33 bits per heavy atom. The van der Waals surface area contributed by atoms with E-state index < -0.39 is 11.9 Å². The van der Waals surface area contributed by atoms with Gasteiger partial charge in [0.25, 0.3) is 0 Å². The molecule has 104 valence electrons. The Morgan fingerprint density at radius 2 is 2.00 bits per heavy atom. The number of nitrogens with one attached hydrogen (secondary N) is 2. The second-order valence-corrected chi connectivity index (χ2v) is 4.73.